The first-order chi connectivity index (χ1) is 10.1. The number of hydrogen-bond acceptors (Lipinski definition) is 3. The maximum atomic E-state index is 13.6. The van der Waals surface area contributed by atoms with Gasteiger partial charge in [0.05, 0.1) is 10.7 Å². The van der Waals surface area contributed by atoms with E-state index >= 15 is 0 Å². The number of nitrogens with zero attached hydrogens (tertiary/aromatic N) is 1. The fourth-order valence-electron chi connectivity index (χ4n) is 1.80. The van der Waals surface area contributed by atoms with Gasteiger partial charge in [0.2, 0.25) is 0 Å². The van der Waals surface area contributed by atoms with Crippen LogP contribution in [0.2, 0.25) is 5.02 Å². The molecule has 1 heterocycles. The molecule has 0 spiro atoms. The van der Waals surface area contributed by atoms with Crippen molar-refractivity contribution in [2.24, 2.45) is 0 Å². The maximum absolute atomic E-state index is 13.6. The molecule has 0 bridgehead atoms. The molecule has 0 atom stereocenters. The van der Waals surface area contributed by atoms with Crippen molar-refractivity contribution in [2.45, 2.75) is 26.9 Å². The molecule has 5 heteroatoms. The summed E-state index contributed by atoms with van der Waals surface area (Å²) in [4.78, 5) is 4.39. The summed E-state index contributed by atoms with van der Waals surface area (Å²) in [5.41, 5.74) is 1.52. The molecule has 1 aromatic heterocycles. The normalized spacial score (nSPS) is 10.5. The summed E-state index contributed by atoms with van der Waals surface area (Å²) in [5.74, 6) is 0.557. The molecule has 3 nitrogen and oxygen atoms in total. The zero-order valence-electron chi connectivity index (χ0n) is 12.1. The van der Waals surface area contributed by atoms with E-state index in [0.29, 0.717) is 10.7 Å². The minimum Gasteiger partial charge on any atom is -0.484 e. The molecule has 21 heavy (non-hydrogen) atoms. The van der Waals surface area contributed by atoms with Gasteiger partial charge in [-0.1, -0.05) is 24.6 Å². The number of halogens is 2. The van der Waals surface area contributed by atoms with E-state index in [4.69, 9.17) is 16.3 Å². The third-order valence-electron chi connectivity index (χ3n) is 2.93. The van der Waals surface area contributed by atoms with Crippen LogP contribution in [-0.2, 0) is 6.61 Å². The number of aryl methyl sites for hydroxylation is 1. The second-order valence-corrected chi connectivity index (χ2v) is 5.18. The van der Waals surface area contributed by atoms with Crippen LogP contribution in [0.3, 0.4) is 0 Å². The molecule has 0 aliphatic heterocycles. The third-order valence-corrected chi connectivity index (χ3v) is 3.27. The Morgan fingerprint density at radius 3 is 2.86 bits per heavy atom. The van der Waals surface area contributed by atoms with Crippen LogP contribution in [0, 0.1) is 12.7 Å². The topological polar surface area (TPSA) is 34.1 Å². The van der Waals surface area contributed by atoms with Gasteiger partial charge in [-0.2, -0.15) is 0 Å². The van der Waals surface area contributed by atoms with Gasteiger partial charge in [-0.3, -0.25) is 0 Å². The number of aromatic nitrogens is 1. The SMILES string of the molecule is CCCNc1ccc(Cl)c(COc2cc(C)ccc2F)n1. The number of anilines is 1. The highest BCUT2D eigenvalue weighted by Gasteiger charge is 2.08. The van der Waals surface area contributed by atoms with E-state index in [1.807, 2.05) is 13.0 Å². The Labute approximate surface area is 129 Å². The van der Waals surface area contributed by atoms with E-state index in [9.17, 15) is 4.39 Å². The van der Waals surface area contributed by atoms with Crippen molar-refractivity contribution in [3.8, 4) is 5.75 Å². The summed E-state index contributed by atoms with van der Waals surface area (Å²) < 4.78 is 19.1. The first kappa shape index (κ1) is 15.6. The lowest BCUT2D eigenvalue weighted by atomic mass is 10.2. The Balaban J connectivity index is 2.10. The summed E-state index contributed by atoms with van der Waals surface area (Å²) in [6.45, 7) is 4.92. The fourth-order valence-corrected chi connectivity index (χ4v) is 1.96. The molecule has 0 saturated heterocycles. The van der Waals surface area contributed by atoms with Crippen molar-refractivity contribution in [3.63, 3.8) is 0 Å². The van der Waals surface area contributed by atoms with Gasteiger partial charge in [0, 0.05) is 6.54 Å². The fraction of sp³-hybridized carbons (Fsp3) is 0.312. The molecule has 0 unspecified atom stereocenters. The molecule has 0 aliphatic rings. The minimum absolute atomic E-state index is 0.126. The van der Waals surface area contributed by atoms with Crippen molar-refractivity contribution < 1.29 is 9.13 Å². The van der Waals surface area contributed by atoms with Crippen molar-refractivity contribution in [1.29, 1.82) is 0 Å². The lowest BCUT2D eigenvalue weighted by Gasteiger charge is -2.11. The number of ether oxygens (including phenoxy) is 1. The van der Waals surface area contributed by atoms with Crippen molar-refractivity contribution >= 4 is 17.4 Å². The number of benzene rings is 1. The Hall–Kier alpha value is -1.81. The molecule has 0 radical (unpaired) electrons. The molecule has 0 saturated carbocycles. The zero-order chi connectivity index (χ0) is 15.2. The first-order valence-corrected chi connectivity index (χ1v) is 7.26. The van der Waals surface area contributed by atoms with E-state index < -0.39 is 5.82 Å². The van der Waals surface area contributed by atoms with Gasteiger partial charge >= 0.3 is 0 Å². The molecule has 2 aromatic rings. The van der Waals surface area contributed by atoms with Gasteiger partial charge in [-0.15, -0.1) is 0 Å². The molecular formula is C16H18ClFN2O. The average Bonchev–Trinajstić information content (AvgIpc) is 2.48. The highest BCUT2D eigenvalue weighted by Crippen LogP contribution is 2.22. The van der Waals surface area contributed by atoms with Crippen LogP contribution in [0.15, 0.2) is 30.3 Å². The average molecular weight is 309 g/mol. The van der Waals surface area contributed by atoms with Crippen LogP contribution < -0.4 is 10.1 Å². The second-order valence-electron chi connectivity index (χ2n) is 4.77. The standard InChI is InChI=1S/C16H18ClFN2O/c1-3-8-19-16-7-5-12(17)14(20-16)10-21-15-9-11(2)4-6-13(15)18/h4-7,9H,3,8,10H2,1-2H3,(H,19,20). The summed E-state index contributed by atoms with van der Waals surface area (Å²) in [7, 11) is 0. The van der Waals surface area contributed by atoms with Gasteiger partial charge in [-0.25, -0.2) is 9.37 Å². The van der Waals surface area contributed by atoms with Gasteiger partial charge < -0.3 is 10.1 Å². The summed E-state index contributed by atoms with van der Waals surface area (Å²) in [5, 5.41) is 3.69. The zero-order valence-corrected chi connectivity index (χ0v) is 12.9. The van der Waals surface area contributed by atoms with E-state index in [2.05, 4.69) is 17.2 Å². The Kier molecular flexibility index (Phi) is 5.39. The predicted molar refractivity (Wildman–Crippen MR) is 83.5 cm³/mol. The molecule has 0 fully saturated rings. The Morgan fingerprint density at radius 2 is 2.10 bits per heavy atom. The van der Waals surface area contributed by atoms with E-state index in [0.717, 1.165) is 24.3 Å². The second kappa shape index (κ2) is 7.27. The van der Waals surface area contributed by atoms with E-state index in [1.54, 1.807) is 18.2 Å². The van der Waals surface area contributed by atoms with Crippen LogP contribution in [0.1, 0.15) is 24.6 Å². The van der Waals surface area contributed by atoms with Crippen LogP contribution in [-0.4, -0.2) is 11.5 Å². The molecule has 112 valence electrons. The number of pyridine rings is 1. The van der Waals surface area contributed by atoms with Crippen LogP contribution in [0.25, 0.3) is 0 Å². The number of rotatable bonds is 6. The molecule has 1 aromatic carbocycles. The van der Waals surface area contributed by atoms with E-state index in [-0.39, 0.29) is 12.4 Å². The van der Waals surface area contributed by atoms with Crippen LogP contribution >= 0.6 is 11.6 Å². The predicted octanol–water partition coefficient (Wildman–Crippen LogP) is 4.58. The third kappa shape index (κ3) is 4.33. The van der Waals surface area contributed by atoms with Gasteiger partial charge in [-0.05, 0) is 43.2 Å². The lowest BCUT2D eigenvalue weighted by Crippen LogP contribution is -2.06. The first-order valence-electron chi connectivity index (χ1n) is 6.88. The maximum Gasteiger partial charge on any atom is 0.165 e. The van der Waals surface area contributed by atoms with Crippen LogP contribution in [0.4, 0.5) is 10.2 Å². The summed E-state index contributed by atoms with van der Waals surface area (Å²) in [6, 6.07) is 8.32. The molecule has 2 rings (SSSR count). The quantitative estimate of drug-likeness (QED) is 0.848. The Morgan fingerprint density at radius 1 is 1.29 bits per heavy atom. The van der Waals surface area contributed by atoms with Crippen molar-refractivity contribution in [2.75, 3.05) is 11.9 Å². The number of nitrogens with one attached hydrogen (secondary N) is 1. The summed E-state index contributed by atoms with van der Waals surface area (Å²) in [6.07, 6.45) is 1.00. The largest absolute Gasteiger partial charge is 0.484 e. The van der Waals surface area contributed by atoms with Gasteiger partial charge in [0.15, 0.2) is 11.6 Å². The summed E-state index contributed by atoms with van der Waals surface area (Å²) >= 11 is 6.10. The monoisotopic (exact) mass is 308 g/mol. The minimum atomic E-state index is -0.392. The van der Waals surface area contributed by atoms with Crippen molar-refractivity contribution in [3.05, 3.63) is 52.4 Å². The highest BCUT2D eigenvalue weighted by atomic mass is 35.5. The lowest BCUT2D eigenvalue weighted by molar-refractivity contribution is 0.286. The smallest absolute Gasteiger partial charge is 0.165 e. The van der Waals surface area contributed by atoms with Gasteiger partial charge in [0.1, 0.15) is 12.4 Å². The highest BCUT2D eigenvalue weighted by molar-refractivity contribution is 6.31. The number of hydrogen-bond donors (Lipinski definition) is 1. The molecule has 0 amide bonds. The molecule has 0 aliphatic carbocycles. The van der Waals surface area contributed by atoms with Crippen LogP contribution in [0.5, 0.6) is 5.75 Å². The van der Waals surface area contributed by atoms with E-state index in [1.165, 1.54) is 6.07 Å². The Bertz CT molecular complexity index is 619. The molecular weight excluding hydrogens is 291 g/mol. The van der Waals surface area contributed by atoms with Gasteiger partial charge in [0.25, 0.3) is 0 Å². The molecule has 1 N–H and O–H groups in total. The van der Waals surface area contributed by atoms with Crippen molar-refractivity contribution in [1.82, 2.24) is 4.98 Å².